The molecule has 0 aliphatic rings. The molecule has 4 heteroatoms. The van der Waals surface area contributed by atoms with Gasteiger partial charge in [0.1, 0.15) is 0 Å². The Hall–Kier alpha value is -1.03. The van der Waals surface area contributed by atoms with Crippen LogP contribution in [0.1, 0.15) is 10.4 Å². The third-order valence-electron chi connectivity index (χ3n) is 1.76. The van der Waals surface area contributed by atoms with E-state index in [1.165, 1.54) is 31.0 Å². The standard InChI is InChI=1S/C10H11FO2S/c1-13-9-5-3-4-7(10(9)11)8(12)6-14-2/h3-5H,6H2,1-2H3. The van der Waals surface area contributed by atoms with E-state index in [4.69, 9.17) is 4.74 Å². The number of halogens is 1. The van der Waals surface area contributed by atoms with Crippen LogP contribution in [0.4, 0.5) is 4.39 Å². The minimum Gasteiger partial charge on any atom is -0.494 e. The van der Waals surface area contributed by atoms with Crippen molar-refractivity contribution >= 4 is 17.5 Å². The molecule has 0 unspecified atom stereocenters. The number of thioether (sulfide) groups is 1. The van der Waals surface area contributed by atoms with Crippen LogP contribution in [0, 0.1) is 5.82 Å². The van der Waals surface area contributed by atoms with E-state index in [1.807, 2.05) is 0 Å². The number of ether oxygens (including phenoxy) is 1. The van der Waals surface area contributed by atoms with E-state index < -0.39 is 5.82 Å². The van der Waals surface area contributed by atoms with E-state index in [2.05, 4.69) is 0 Å². The van der Waals surface area contributed by atoms with Crippen LogP contribution >= 0.6 is 11.8 Å². The number of ketones is 1. The van der Waals surface area contributed by atoms with Gasteiger partial charge in [-0.2, -0.15) is 11.8 Å². The number of carbonyl (C=O) groups is 1. The first kappa shape index (κ1) is 11.0. The van der Waals surface area contributed by atoms with Gasteiger partial charge in [-0.15, -0.1) is 0 Å². The molecule has 0 saturated heterocycles. The number of methoxy groups -OCH3 is 1. The Balaban J connectivity index is 3.03. The maximum Gasteiger partial charge on any atom is 0.175 e. The first-order valence-corrected chi connectivity index (χ1v) is 5.44. The second-order valence-corrected chi connectivity index (χ2v) is 3.54. The zero-order valence-electron chi connectivity index (χ0n) is 8.04. The lowest BCUT2D eigenvalue weighted by atomic mass is 10.1. The van der Waals surface area contributed by atoms with Crippen LogP contribution in [-0.4, -0.2) is 24.9 Å². The maximum absolute atomic E-state index is 13.5. The van der Waals surface area contributed by atoms with E-state index in [9.17, 15) is 9.18 Å². The fourth-order valence-corrected chi connectivity index (χ4v) is 1.51. The van der Waals surface area contributed by atoms with Crippen molar-refractivity contribution in [3.05, 3.63) is 29.6 Å². The van der Waals surface area contributed by atoms with Crippen molar-refractivity contribution < 1.29 is 13.9 Å². The number of hydrogen-bond acceptors (Lipinski definition) is 3. The smallest absolute Gasteiger partial charge is 0.175 e. The predicted molar refractivity (Wildman–Crippen MR) is 55.7 cm³/mol. The van der Waals surface area contributed by atoms with Gasteiger partial charge < -0.3 is 4.74 Å². The average Bonchev–Trinajstić information content (AvgIpc) is 2.18. The number of rotatable bonds is 4. The van der Waals surface area contributed by atoms with Crippen LogP contribution < -0.4 is 4.74 Å². The van der Waals surface area contributed by atoms with Crippen LogP contribution in [0.2, 0.25) is 0 Å². The SMILES string of the molecule is COc1cccc(C(=O)CSC)c1F. The highest BCUT2D eigenvalue weighted by Gasteiger charge is 2.14. The second-order valence-electron chi connectivity index (χ2n) is 2.68. The molecule has 0 aliphatic heterocycles. The van der Waals surface area contributed by atoms with Gasteiger partial charge in [0, 0.05) is 0 Å². The minimum atomic E-state index is -0.575. The van der Waals surface area contributed by atoms with Crippen molar-refractivity contribution in [2.45, 2.75) is 0 Å². The van der Waals surface area contributed by atoms with Gasteiger partial charge in [0.15, 0.2) is 17.3 Å². The molecule has 0 atom stereocenters. The molecule has 1 aromatic rings. The molecule has 0 N–H and O–H groups in total. The highest BCUT2D eigenvalue weighted by Crippen LogP contribution is 2.20. The molecule has 1 aromatic carbocycles. The molecule has 0 aromatic heterocycles. The molecular formula is C10H11FO2S. The summed E-state index contributed by atoms with van der Waals surface area (Å²) in [5, 5.41) is 0. The third-order valence-corrected chi connectivity index (χ3v) is 2.31. The Morgan fingerprint density at radius 3 is 2.86 bits per heavy atom. The van der Waals surface area contributed by atoms with Crippen molar-refractivity contribution in [3.63, 3.8) is 0 Å². The highest BCUT2D eigenvalue weighted by atomic mass is 32.2. The second kappa shape index (κ2) is 5.00. The molecular weight excluding hydrogens is 203 g/mol. The summed E-state index contributed by atoms with van der Waals surface area (Å²) in [5.74, 6) is -0.399. The van der Waals surface area contributed by atoms with E-state index in [0.717, 1.165) is 0 Å². The topological polar surface area (TPSA) is 26.3 Å². The summed E-state index contributed by atoms with van der Waals surface area (Å²) in [5.41, 5.74) is 0.0960. The average molecular weight is 214 g/mol. The summed E-state index contributed by atoms with van der Waals surface area (Å²) in [6.45, 7) is 0. The number of carbonyl (C=O) groups excluding carboxylic acids is 1. The monoisotopic (exact) mass is 214 g/mol. The number of hydrogen-bond donors (Lipinski definition) is 0. The van der Waals surface area contributed by atoms with Crippen molar-refractivity contribution in [2.75, 3.05) is 19.1 Å². The van der Waals surface area contributed by atoms with Gasteiger partial charge in [0.05, 0.1) is 18.4 Å². The Morgan fingerprint density at radius 2 is 2.29 bits per heavy atom. The lowest BCUT2D eigenvalue weighted by Crippen LogP contribution is -2.06. The van der Waals surface area contributed by atoms with Crippen molar-refractivity contribution in [1.82, 2.24) is 0 Å². The fraction of sp³-hybridized carbons (Fsp3) is 0.300. The molecule has 1 rings (SSSR count). The molecule has 0 saturated carbocycles. The number of benzene rings is 1. The molecule has 0 radical (unpaired) electrons. The van der Waals surface area contributed by atoms with Crippen LogP contribution in [0.15, 0.2) is 18.2 Å². The fourth-order valence-electron chi connectivity index (χ4n) is 1.09. The Bertz CT molecular complexity index is 339. The Morgan fingerprint density at radius 1 is 1.57 bits per heavy atom. The highest BCUT2D eigenvalue weighted by molar-refractivity contribution is 7.99. The molecule has 0 spiro atoms. The van der Waals surface area contributed by atoms with Gasteiger partial charge in [0.25, 0.3) is 0 Å². The lowest BCUT2D eigenvalue weighted by Gasteiger charge is -2.05. The van der Waals surface area contributed by atoms with Crippen molar-refractivity contribution in [2.24, 2.45) is 0 Å². The molecule has 76 valence electrons. The summed E-state index contributed by atoms with van der Waals surface area (Å²) < 4.78 is 18.3. The van der Waals surface area contributed by atoms with Crippen LogP contribution in [0.5, 0.6) is 5.75 Å². The van der Waals surface area contributed by atoms with E-state index in [-0.39, 0.29) is 22.8 Å². The Kier molecular flexibility index (Phi) is 3.95. The van der Waals surface area contributed by atoms with Crippen LogP contribution in [-0.2, 0) is 0 Å². The van der Waals surface area contributed by atoms with Gasteiger partial charge in [0.2, 0.25) is 0 Å². The molecule has 0 heterocycles. The summed E-state index contributed by atoms with van der Waals surface area (Å²) in [6, 6.07) is 4.57. The zero-order valence-corrected chi connectivity index (χ0v) is 8.86. The normalized spacial score (nSPS) is 9.93. The van der Waals surface area contributed by atoms with Crippen molar-refractivity contribution in [1.29, 1.82) is 0 Å². The summed E-state index contributed by atoms with van der Waals surface area (Å²) in [6.07, 6.45) is 1.80. The predicted octanol–water partition coefficient (Wildman–Crippen LogP) is 2.38. The summed E-state index contributed by atoms with van der Waals surface area (Å²) >= 11 is 1.37. The summed E-state index contributed by atoms with van der Waals surface area (Å²) in [7, 11) is 1.38. The summed E-state index contributed by atoms with van der Waals surface area (Å²) in [4.78, 5) is 11.4. The largest absolute Gasteiger partial charge is 0.494 e. The number of Topliss-reactive ketones (excluding diaryl/α,β-unsaturated/α-hetero) is 1. The van der Waals surface area contributed by atoms with E-state index in [1.54, 1.807) is 12.3 Å². The molecule has 14 heavy (non-hydrogen) atoms. The minimum absolute atomic E-state index is 0.0960. The van der Waals surface area contributed by atoms with E-state index in [0.29, 0.717) is 0 Å². The van der Waals surface area contributed by atoms with Gasteiger partial charge >= 0.3 is 0 Å². The van der Waals surface area contributed by atoms with Crippen LogP contribution in [0.25, 0.3) is 0 Å². The Labute approximate surface area is 86.5 Å². The molecule has 0 bridgehead atoms. The third kappa shape index (κ3) is 2.26. The maximum atomic E-state index is 13.5. The van der Waals surface area contributed by atoms with Crippen molar-refractivity contribution in [3.8, 4) is 5.75 Å². The molecule has 0 aliphatic carbocycles. The quantitative estimate of drug-likeness (QED) is 0.720. The first-order valence-electron chi connectivity index (χ1n) is 4.05. The zero-order chi connectivity index (χ0) is 10.6. The van der Waals surface area contributed by atoms with E-state index >= 15 is 0 Å². The van der Waals surface area contributed by atoms with Gasteiger partial charge in [-0.05, 0) is 18.4 Å². The molecule has 0 amide bonds. The van der Waals surface area contributed by atoms with Gasteiger partial charge in [-0.3, -0.25) is 4.79 Å². The lowest BCUT2D eigenvalue weighted by molar-refractivity contribution is 0.101. The van der Waals surface area contributed by atoms with Gasteiger partial charge in [-0.1, -0.05) is 6.07 Å². The first-order chi connectivity index (χ1) is 6.70. The molecule has 0 fully saturated rings. The van der Waals surface area contributed by atoms with Crippen LogP contribution in [0.3, 0.4) is 0 Å². The van der Waals surface area contributed by atoms with Gasteiger partial charge in [-0.25, -0.2) is 4.39 Å². The molecule has 2 nitrogen and oxygen atoms in total.